The number of rotatable bonds is 7. The summed E-state index contributed by atoms with van der Waals surface area (Å²) in [4.78, 5) is 1.92. The van der Waals surface area contributed by atoms with Crippen LogP contribution in [0.25, 0.3) is 0 Å². The van der Waals surface area contributed by atoms with E-state index >= 15 is 0 Å². The Morgan fingerprint density at radius 3 is 2.77 bits per heavy atom. The summed E-state index contributed by atoms with van der Waals surface area (Å²) in [5, 5.41) is 0. The molecule has 1 aromatic carbocycles. The number of ether oxygens (including phenoxy) is 1. The van der Waals surface area contributed by atoms with Crippen molar-refractivity contribution in [3.8, 4) is 0 Å². The maximum Gasteiger partial charge on any atom is 0.163 e. The molecule has 124 valence electrons. The standard InChI is InChI=1S/C15H21F2NO3S/c1-21-8-3-7-18(13-6-9-22(19,20)11-13)10-12-4-2-5-14(16)15(12)17/h2,4-5,13H,3,6-11H2,1H3. The van der Waals surface area contributed by atoms with Crippen LogP contribution in [0.4, 0.5) is 8.78 Å². The molecule has 0 saturated carbocycles. The van der Waals surface area contributed by atoms with Gasteiger partial charge in [0.05, 0.1) is 11.5 Å². The van der Waals surface area contributed by atoms with Crippen LogP contribution in [-0.2, 0) is 21.1 Å². The number of sulfone groups is 1. The minimum Gasteiger partial charge on any atom is -0.385 e. The molecular formula is C15H21F2NO3S. The largest absolute Gasteiger partial charge is 0.385 e. The summed E-state index contributed by atoms with van der Waals surface area (Å²) in [6, 6.07) is 3.93. The molecule has 0 aromatic heterocycles. The Bertz CT molecular complexity index is 607. The van der Waals surface area contributed by atoms with Gasteiger partial charge in [-0.05, 0) is 18.9 Å². The molecule has 1 fully saturated rings. The van der Waals surface area contributed by atoms with Crippen LogP contribution in [0.15, 0.2) is 18.2 Å². The van der Waals surface area contributed by atoms with Gasteiger partial charge in [0.1, 0.15) is 0 Å². The van der Waals surface area contributed by atoms with Crippen molar-refractivity contribution in [1.29, 1.82) is 0 Å². The van der Waals surface area contributed by atoms with Gasteiger partial charge in [0.25, 0.3) is 0 Å². The molecule has 1 unspecified atom stereocenters. The molecule has 0 radical (unpaired) electrons. The molecule has 22 heavy (non-hydrogen) atoms. The Hall–Kier alpha value is -1.05. The van der Waals surface area contributed by atoms with Crippen LogP contribution in [-0.4, -0.2) is 51.1 Å². The number of nitrogens with zero attached hydrogens (tertiary/aromatic N) is 1. The number of methoxy groups -OCH3 is 1. The Labute approximate surface area is 130 Å². The Morgan fingerprint density at radius 2 is 2.14 bits per heavy atom. The minimum atomic E-state index is -3.02. The molecule has 1 aliphatic heterocycles. The molecule has 0 bridgehead atoms. The Morgan fingerprint density at radius 1 is 1.36 bits per heavy atom. The third-order valence-electron chi connectivity index (χ3n) is 3.92. The summed E-state index contributed by atoms with van der Waals surface area (Å²) >= 11 is 0. The third kappa shape index (κ3) is 4.47. The predicted molar refractivity (Wildman–Crippen MR) is 80.3 cm³/mol. The van der Waals surface area contributed by atoms with Gasteiger partial charge in [0.15, 0.2) is 21.5 Å². The van der Waals surface area contributed by atoms with Gasteiger partial charge in [-0.2, -0.15) is 0 Å². The monoisotopic (exact) mass is 333 g/mol. The number of halogens is 2. The highest BCUT2D eigenvalue weighted by atomic mass is 32.2. The quantitative estimate of drug-likeness (QED) is 0.716. The average Bonchev–Trinajstić information content (AvgIpc) is 2.83. The van der Waals surface area contributed by atoms with Crippen LogP contribution in [0, 0.1) is 11.6 Å². The second-order valence-electron chi connectivity index (χ2n) is 5.59. The van der Waals surface area contributed by atoms with Crippen molar-refractivity contribution in [1.82, 2.24) is 4.90 Å². The summed E-state index contributed by atoms with van der Waals surface area (Å²) in [5.74, 6) is -1.51. The second kappa shape index (κ2) is 7.48. The molecule has 7 heteroatoms. The van der Waals surface area contributed by atoms with E-state index in [9.17, 15) is 17.2 Å². The first kappa shape index (κ1) is 17.3. The van der Waals surface area contributed by atoms with E-state index in [-0.39, 0.29) is 29.7 Å². The lowest BCUT2D eigenvalue weighted by atomic mass is 10.1. The maximum atomic E-state index is 13.8. The number of hydrogen-bond acceptors (Lipinski definition) is 4. The van der Waals surface area contributed by atoms with Crippen molar-refractivity contribution >= 4 is 9.84 Å². The van der Waals surface area contributed by atoms with Gasteiger partial charge in [-0.15, -0.1) is 0 Å². The van der Waals surface area contributed by atoms with Crippen molar-refractivity contribution in [2.24, 2.45) is 0 Å². The van der Waals surface area contributed by atoms with Crippen LogP contribution < -0.4 is 0 Å². The van der Waals surface area contributed by atoms with Crippen molar-refractivity contribution in [3.63, 3.8) is 0 Å². The molecule has 1 heterocycles. The van der Waals surface area contributed by atoms with Gasteiger partial charge in [-0.1, -0.05) is 12.1 Å². The topological polar surface area (TPSA) is 46.6 Å². The average molecular weight is 333 g/mol. The highest BCUT2D eigenvalue weighted by Gasteiger charge is 2.32. The normalized spacial score (nSPS) is 20.6. The van der Waals surface area contributed by atoms with Crippen molar-refractivity contribution in [2.75, 3.05) is 31.8 Å². The summed E-state index contributed by atoms with van der Waals surface area (Å²) < 4.78 is 55.5. The Kier molecular flexibility index (Phi) is 5.88. The molecule has 1 aliphatic rings. The van der Waals surface area contributed by atoms with Crippen LogP contribution in [0.2, 0.25) is 0 Å². The van der Waals surface area contributed by atoms with E-state index in [0.717, 1.165) is 6.07 Å². The fourth-order valence-electron chi connectivity index (χ4n) is 2.76. The zero-order valence-electron chi connectivity index (χ0n) is 12.6. The van der Waals surface area contributed by atoms with E-state index in [4.69, 9.17) is 4.74 Å². The smallest absolute Gasteiger partial charge is 0.163 e. The van der Waals surface area contributed by atoms with Gasteiger partial charge in [-0.25, -0.2) is 17.2 Å². The predicted octanol–water partition coefficient (Wildman–Crippen LogP) is 1.99. The molecule has 4 nitrogen and oxygen atoms in total. The van der Waals surface area contributed by atoms with Gasteiger partial charge < -0.3 is 4.74 Å². The molecule has 2 rings (SSSR count). The van der Waals surface area contributed by atoms with Gasteiger partial charge in [0.2, 0.25) is 0 Å². The van der Waals surface area contributed by atoms with Crippen molar-refractivity contribution in [2.45, 2.75) is 25.4 Å². The number of hydrogen-bond donors (Lipinski definition) is 0. The molecular weight excluding hydrogens is 312 g/mol. The van der Waals surface area contributed by atoms with E-state index in [1.165, 1.54) is 12.1 Å². The third-order valence-corrected chi connectivity index (χ3v) is 5.67. The first-order chi connectivity index (χ1) is 10.4. The SMILES string of the molecule is COCCCN(Cc1cccc(F)c1F)C1CCS(=O)(=O)C1. The van der Waals surface area contributed by atoms with Gasteiger partial charge in [-0.3, -0.25) is 4.90 Å². The van der Waals surface area contributed by atoms with E-state index in [1.54, 1.807) is 7.11 Å². The molecule has 0 aliphatic carbocycles. The first-order valence-corrected chi connectivity index (χ1v) is 9.11. The summed E-state index contributed by atoms with van der Waals surface area (Å²) in [6.07, 6.45) is 1.25. The molecule has 0 N–H and O–H groups in total. The van der Waals surface area contributed by atoms with Crippen LogP contribution in [0.3, 0.4) is 0 Å². The lowest BCUT2D eigenvalue weighted by Crippen LogP contribution is -2.37. The van der Waals surface area contributed by atoms with E-state index in [0.29, 0.717) is 26.0 Å². The zero-order valence-corrected chi connectivity index (χ0v) is 13.4. The van der Waals surface area contributed by atoms with Crippen LogP contribution in [0.5, 0.6) is 0 Å². The summed E-state index contributed by atoms with van der Waals surface area (Å²) in [5.41, 5.74) is 0.252. The highest BCUT2D eigenvalue weighted by molar-refractivity contribution is 7.91. The van der Waals surface area contributed by atoms with E-state index in [2.05, 4.69) is 0 Å². The second-order valence-corrected chi connectivity index (χ2v) is 7.82. The Balaban J connectivity index is 2.12. The maximum absolute atomic E-state index is 13.8. The highest BCUT2D eigenvalue weighted by Crippen LogP contribution is 2.22. The van der Waals surface area contributed by atoms with Gasteiger partial charge >= 0.3 is 0 Å². The van der Waals surface area contributed by atoms with Crippen LogP contribution >= 0.6 is 0 Å². The van der Waals surface area contributed by atoms with E-state index < -0.39 is 21.5 Å². The fourth-order valence-corrected chi connectivity index (χ4v) is 4.52. The molecule has 1 saturated heterocycles. The first-order valence-electron chi connectivity index (χ1n) is 7.29. The van der Waals surface area contributed by atoms with Crippen LogP contribution in [0.1, 0.15) is 18.4 Å². The molecule has 0 amide bonds. The van der Waals surface area contributed by atoms with Crippen molar-refractivity contribution in [3.05, 3.63) is 35.4 Å². The molecule has 1 atom stereocenters. The van der Waals surface area contributed by atoms with E-state index in [1.807, 2.05) is 4.90 Å². The lowest BCUT2D eigenvalue weighted by molar-refractivity contribution is 0.149. The summed E-state index contributed by atoms with van der Waals surface area (Å²) in [7, 11) is -1.43. The zero-order chi connectivity index (χ0) is 16.2. The minimum absolute atomic E-state index is 0.0803. The fraction of sp³-hybridized carbons (Fsp3) is 0.600. The molecule has 1 aromatic rings. The van der Waals surface area contributed by atoms with Gasteiger partial charge in [0, 0.05) is 38.4 Å². The lowest BCUT2D eigenvalue weighted by Gasteiger charge is -2.28. The summed E-state index contributed by atoms with van der Waals surface area (Å²) in [6.45, 7) is 1.33. The van der Waals surface area contributed by atoms with Crippen molar-refractivity contribution < 1.29 is 21.9 Å². The molecule has 0 spiro atoms. The number of benzene rings is 1.